The maximum atomic E-state index is 13.2. The molecule has 2 nitrogen and oxygen atoms in total. The van der Waals surface area contributed by atoms with E-state index in [9.17, 15) is 9.50 Å². The second-order valence-electron chi connectivity index (χ2n) is 7.27. The number of hydrogen-bond donors (Lipinski definition) is 1. The van der Waals surface area contributed by atoms with E-state index in [0.717, 1.165) is 31.4 Å². The lowest BCUT2D eigenvalue weighted by Gasteiger charge is -2.44. The molecule has 0 bridgehead atoms. The van der Waals surface area contributed by atoms with E-state index in [1.807, 2.05) is 56.6 Å². The summed E-state index contributed by atoms with van der Waals surface area (Å²) in [7, 11) is 4.10. The summed E-state index contributed by atoms with van der Waals surface area (Å²) < 4.78 is 13.2. The smallest absolute Gasteiger partial charge is 0.123 e. The first-order chi connectivity index (χ1) is 11.5. The molecule has 0 radical (unpaired) electrons. The number of benzene rings is 2. The molecule has 1 aliphatic carbocycles. The van der Waals surface area contributed by atoms with Crippen molar-refractivity contribution in [2.75, 3.05) is 20.6 Å². The van der Waals surface area contributed by atoms with E-state index < -0.39 is 5.60 Å². The van der Waals surface area contributed by atoms with E-state index in [0.29, 0.717) is 5.92 Å². The van der Waals surface area contributed by atoms with E-state index >= 15 is 0 Å². The molecule has 3 rings (SSSR count). The first kappa shape index (κ1) is 17.1. The van der Waals surface area contributed by atoms with Gasteiger partial charge in [-0.1, -0.05) is 42.5 Å². The lowest BCUT2D eigenvalue weighted by molar-refractivity contribution is -0.0669. The summed E-state index contributed by atoms with van der Waals surface area (Å²) in [6.45, 7) is 0.836. The van der Waals surface area contributed by atoms with Gasteiger partial charge in [0, 0.05) is 12.5 Å². The average molecular weight is 327 g/mol. The van der Waals surface area contributed by atoms with Gasteiger partial charge in [0.15, 0.2) is 0 Å². The minimum atomic E-state index is -0.790. The van der Waals surface area contributed by atoms with Crippen molar-refractivity contribution in [2.45, 2.75) is 30.8 Å². The fraction of sp³-hybridized carbons (Fsp3) is 0.429. The molecule has 0 aliphatic heterocycles. The molecule has 0 aromatic heterocycles. The van der Waals surface area contributed by atoms with E-state index in [2.05, 4.69) is 4.90 Å². The predicted octanol–water partition coefficient (Wildman–Crippen LogP) is 4.16. The van der Waals surface area contributed by atoms with Crippen LogP contribution in [0.15, 0.2) is 54.6 Å². The van der Waals surface area contributed by atoms with Gasteiger partial charge in [-0.05, 0) is 62.5 Å². The molecular formula is C21H26FNO. The number of aliphatic hydroxyl groups is 1. The van der Waals surface area contributed by atoms with Crippen LogP contribution in [0.3, 0.4) is 0 Å². The molecular weight excluding hydrogens is 301 g/mol. The van der Waals surface area contributed by atoms with Crippen molar-refractivity contribution in [3.8, 4) is 0 Å². The third kappa shape index (κ3) is 3.52. The highest BCUT2D eigenvalue weighted by Gasteiger charge is 2.43. The van der Waals surface area contributed by atoms with Crippen molar-refractivity contribution >= 4 is 0 Å². The number of halogens is 1. The molecule has 0 spiro atoms. The van der Waals surface area contributed by atoms with Crippen molar-refractivity contribution in [1.29, 1.82) is 0 Å². The summed E-state index contributed by atoms with van der Waals surface area (Å²) in [5, 5.41) is 11.5. The van der Waals surface area contributed by atoms with E-state index in [-0.39, 0.29) is 11.7 Å². The van der Waals surface area contributed by atoms with E-state index in [4.69, 9.17) is 0 Å². The molecule has 3 heteroatoms. The van der Waals surface area contributed by atoms with Crippen molar-refractivity contribution < 1.29 is 9.50 Å². The highest BCUT2D eigenvalue weighted by molar-refractivity contribution is 5.27. The fourth-order valence-electron chi connectivity index (χ4n) is 4.07. The minimum Gasteiger partial charge on any atom is -0.385 e. The Hall–Kier alpha value is -1.71. The van der Waals surface area contributed by atoms with Crippen molar-refractivity contribution in [3.63, 3.8) is 0 Å². The molecule has 1 N–H and O–H groups in total. The summed E-state index contributed by atoms with van der Waals surface area (Å²) in [6.07, 6.45) is 2.56. The molecule has 0 amide bonds. The van der Waals surface area contributed by atoms with Crippen LogP contribution in [0.1, 0.15) is 36.3 Å². The SMILES string of the molecule is CN(C)CC1CC(c2ccc(F)cc2)CCC1(O)c1ccccc1. The first-order valence-electron chi connectivity index (χ1n) is 8.67. The zero-order valence-corrected chi connectivity index (χ0v) is 14.5. The standard InChI is InChI=1S/C21H26FNO/c1-23(2)15-19-14-17(16-8-10-20(22)11-9-16)12-13-21(19,24)18-6-4-3-5-7-18/h3-11,17,19,24H,12-15H2,1-2H3. The van der Waals surface area contributed by atoms with Gasteiger partial charge >= 0.3 is 0 Å². The van der Waals surface area contributed by atoms with Crippen LogP contribution in [0.4, 0.5) is 4.39 Å². The molecule has 0 saturated heterocycles. The minimum absolute atomic E-state index is 0.152. The van der Waals surface area contributed by atoms with Crippen LogP contribution in [-0.4, -0.2) is 30.6 Å². The molecule has 0 heterocycles. The Labute approximate surface area is 143 Å². The van der Waals surface area contributed by atoms with Gasteiger partial charge in [0.1, 0.15) is 5.82 Å². The van der Waals surface area contributed by atoms with Crippen LogP contribution >= 0.6 is 0 Å². The Kier molecular flexibility index (Phi) is 5.02. The summed E-state index contributed by atoms with van der Waals surface area (Å²) in [6, 6.07) is 16.9. The monoisotopic (exact) mass is 327 g/mol. The Balaban J connectivity index is 1.87. The Bertz CT molecular complexity index is 655. The van der Waals surface area contributed by atoms with Crippen molar-refractivity contribution in [2.24, 2.45) is 5.92 Å². The number of rotatable bonds is 4. The average Bonchev–Trinajstić information content (AvgIpc) is 2.58. The third-order valence-electron chi connectivity index (χ3n) is 5.32. The zero-order chi connectivity index (χ0) is 17.2. The van der Waals surface area contributed by atoms with Crippen LogP contribution in [0.25, 0.3) is 0 Å². The van der Waals surface area contributed by atoms with Gasteiger partial charge in [-0.15, -0.1) is 0 Å². The van der Waals surface area contributed by atoms with Gasteiger partial charge in [0.05, 0.1) is 5.60 Å². The third-order valence-corrected chi connectivity index (χ3v) is 5.32. The predicted molar refractivity (Wildman–Crippen MR) is 95.4 cm³/mol. The molecule has 128 valence electrons. The maximum Gasteiger partial charge on any atom is 0.123 e. The molecule has 2 aromatic carbocycles. The van der Waals surface area contributed by atoms with Gasteiger partial charge in [-0.2, -0.15) is 0 Å². The Morgan fingerprint density at radius 1 is 1.08 bits per heavy atom. The Morgan fingerprint density at radius 3 is 2.38 bits per heavy atom. The van der Waals surface area contributed by atoms with Gasteiger partial charge in [-0.3, -0.25) is 0 Å². The second-order valence-corrected chi connectivity index (χ2v) is 7.27. The highest BCUT2D eigenvalue weighted by Crippen LogP contribution is 2.47. The molecule has 1 aliphatic rings. The quantitative estimate of drug-likeness (QED) is 0.911. The summed E-state index contributed by atoms with van der Waals surface area (Å²) in [5.41, 5.74) is 1.40. The topological polar surface area (TPSA) is 23.5 Å². The van der Waals surface area contributed by atoms with Crippen LogP contribution in [-0.2, 0) is 5.60 Å². The second kappa shape index (κ2) is 7.04. The molecule has 24 heavy (non-hydrogen) atoms. The van der Waals surface area contributed by atoms with Crippen LogP contribution < -0.4 is 0 Å². The lowest BCUT2D eigenvalue weighted by Crippen LogP contribution is -2.44. The summed E-state index contributed by atoms with van der Waals surface area (Å²) in [4.78, 5) is 2.14. The maximum absolute atomic E-state index is 13.2. The number of hydrogen-bond acceptors (Lipinski definition) is 2. The van der Waals surface area contributed by atoms with Crippen LogP contribution in [0.5, 0.6) is 0 Å². The van der Waals surface area contributed by atoms with Crippen molar-refractivity contribution in [1.82, 2.24) is 4.90 Å². The van der Waals surface area contributed by atoms with Crippen LogP contribution in [0.2, 0.25) is 0 Å². The van der Waals surface area contributed by atoms with Gasteiger partial charge in [-0.25, -0.2) is 4.39 Å². The molecule has 2 aromatic rings. The van der Waals surface area contributed by atoms with Gasteiger partial charge in [0.25, 0.3) is 0 Å². The van der Waals surface area contributed by atoms with E-state index in [1.165, 1.54) is 17.7 Å². The normalized spacial score (nSPS) is 27.4. The summed E-state index contributed by atoms with van der Waals surface area (Å²) in [5.74, 6) is 0.332. The molecule has 1 saturated carbocycles. The van der Waals surface area contributed by atoms with Gasteiger partial charge < -0.3 is 10.0 Å². The first-order valence-corrected chi connectivity index (χ1v) is 8.67. The van der Waals surface area contributed by atoms with E-state index in [1.54, 1.807) is 0 Å². The van der Waals surface area contributed by atoms with Gasteiger partial charge in [0.2, 0.25) is 0 Å². The fourth-order valence-corrected chi connectivity index (χ4v) is 4.07. The molecule has 3 atom stereocenters. The molecule has 3 unspecified atom stereocenters. The van der Waals surface area contributed by atoms with Crippen molar-refractivity contribution in [3.05, 3.63) is 71.5 Å². The molecule has 1 fully saturated rings. The largest absolute Gasteiger partial charge is 0.385 e. The summed E-state index contributed by atoms with van der Waals surface area (Å²) >= 11 is 0. The van der Waals surface area contributed by atoms with Crippen LogP contribution in [0, 0.1) is 11.7 Å². The highest BCUT2D eigenvalue weighted by atomic mass is 19.1. The lowest BCUT2D eigenvalue weighted by atomic mass is 9.66. The zero-order valence-electron chi connectivity index (χ0n) is 14.5. The number of nitrogens with zero attached hydrogens (tertiary/aromatic N) is 1. The Morgan fingerprint density at radius 2 is 1.75 bits per heavy atom.